The first-order chi connectivity index (χ1) is 17.5. The van der Waals surface area contributed by atoms with Crippen molar-refractivity contribution in [1.29, 1.82) is 0 Å². The van der Waals surface area contributed by atoms with Crippen LogP contribution in [0.1, 0.15) is 19.3 Å². The lowest BCUT2D eigenvalue weighted by Gasteiger charge is -2.28. The standard InChI is InChI=1S/C29H27BrFN3O2/c1-36-22-10-8-19(9-11-22)18-2-6-21(7-3-18)28-33-25-14-23(30)24(31)15-26(25)34(28)17-29(12-13-32-16-29)27(35)20-4-5-20/h2-3,6-11,14-15,20,32H,4-5,12-13,16-17H2,1H3/t29-/m0/s1. The molecule has 1 aliphatic heterocycles. The number of nitrogens with zero attached hydrogens (tertiary/aromatic N) is 2. The maximum Gasteiger partial charge on any atom is 0.145 e. The van der Waals surface area contributed by atoms with Crippen molar-refractivity contribution in [1.82, 2.24) is 14.9 Å². The molecule has 2 heterocycles. The minimum absolute atomic E-state index is 0.165. The van der Waals surface area contributed by atoms with E-state index in [9.17, 15) is 9.18 Å². The molecule has 1 N–H and O–H groups in total. The SMILES string of the molecule is COc1ccc(-c2ccc(-c3nc4cc(Br)c(F)cc4n3C[C@]3(C(=O)C4CC4)CCNC3)cc2)cc1. The number of carbonyl (C=O) groups is 1. The lowest BCUT2D eigenvalue weighted by Crippen LogP contribution is -2.39. The highest BCUT2D eigenvalue weighted by atomic mass is 79.9. The molecule has 2 fully saturated rings. The van der Waals surface area contributed by atoms with E-state index < -0.39 is 5.41 Å². The van der Waals surface area contributed by atoms with Crippen LogP contribution in [0.15, 0.2) is 65.1 Å². The number of benzene rings is 3. The van der Waals surface area contributed by atoms with E-state index in [0.29, 0.717) is 34.4 Å². The van der Waals surface area contributed by atoms with Crippen molar-refractivity contribution in [2.45, 2.75) is 25.8 Å². The number of hydrogen-bond donors (Lipinski definition) is 1. The number of fused-ring (bicyclic) bond motifs is 1. The van der Waals surface area contributed by atoms with Gasteiger partial charge in [-0.25, -0.2) is 9.37 Å². The second kappa shape index (κ2) is 9.12. The number of Topliss-reactive ketones (excluding diaryl/α,β-unsaturated/α-hetero) is 1. The van der Waals surface area contributed by atoms with E-state index in [4.69, 9.17) is 9.72 Å². The Morgan fingerprint density at radius 2 is 1.78 bits per heavy atom. The normalized spacial score (nSPS) is 19.6. The predicted molar refractivity (Wildman–Crippen MR) is 142 cm³/mol. The number of rotatable bonds is 7. The second-order valence-electron chi connectivity index (χ2n) is 9.93. The fraction of sp³-hybridized carbons (Fsp3) is 0.310. The Kier molecular flexibility index (Phi) is 5.92. The molecule has 1 saturated heterocycles. The fourth-order valence-corrected chi connectivity index (χ4v) is 5.68. The van der Waals surface area contributed by atoms with Crippen LogP contribution in [0.3, 0.4) is 0 Å². The molecule has 4 aromatic rings. The van der Waals surface area contributed by atoms with Gasteiger partial charge >= 0.3 is 0 Å². The summed E-state index contributed by atoms with van der Waals surface area (Å²) in [6.07, 6.45) is 2.75. The molecule has 1 aliphatic carbocycles. The van der Waals surface area contributed by atoms with Crippen LogP contribution in [-0.2, 0) is 11.3 Å². The van der Waals surface area contributed by atoms with E-state index in [1.165, 1.54) is 6.07 Å². The number of imidazole rings is 1. The Labute approximate surface area is 217 Å². The molecule has 1 saturated carbocycles. The summed E-state index contributed by atoms with van der Waals surface area (Å²) >= 11 is 3.30. The van der Waals surface area contributed by atoms with E-state index in [-0.39, 0.29) is 11.7 Å². The molecule has 6 rings (SSSR count). The van der Waals surface area contributed by atoms with Gasteiger partial charge in [0, 0.05) is 30.6 Å². The molecule has 2 aliphatic rings. The number of methoxy groups -OCH3 is 1. The second-order valence-corrected chi connectivity index (χ2v) is 10.8. The summed E-state index contributed by atoms with van der Waals surface area (Å²) in [6, 6.07) is 19.4. The average Bonchev–Trinajstić information content (AvgIpc) is 3.56. The number of halogens is 2. The molecule has 1 atom stereocenters. The van der Waals surface area contributed by atoms with Gasteiger partial charge in [-0.2, -0.15) is 0 Å². The molecule has 0 unspecified atom stereocenters. The highest BCUT2D eigenvalue weighted by Crippen LogP contribution is 2.42. The molecule has 3 aromatic carbocycles. The highest BCUT2D eigenvalue weighted by molar-refractivity contribution is 9.10. The van der Waals surface area contributed by atoms with Crippen LogP contribution in [0, 0.1) is 17.2 Å². The van der Waals surface area contributed by atoms with E-state index in [0.717, 1.165) is 54.1 Å². The molecule has 0 amide bonds. The molecule has 36 heavy (non-hydrogen) atoms. The topological polar surface area (TPSA) is 56.2 Å². The van der Waals surface area contributed by atoms with Crippen LogP contribution in [0.4, 0.5) is 4.39 Å². The van der Waals surface area contributed by atoms with Gasteiger partial charge in [-0.3, -0.25) is 4.79 Å². The Morgan fingerprint density at radius 3 is 2.39 bits per heavy atom. The van der Waals surface area contributed by atoms with Crippen LogP contribution in [0.2, 0.25) is 0 Å². The van der Waals surface area contributed by atoms with Crippen LogP contribution in [-0.4, -0.2) is 35.5 Å². The maximum atomic E-state index is 14.7. The summed E-state index contributed by atoms with van der Waals surface area (Å²) < 4.78 is 22.4. The molecule has 184 valence electrons. The third kappa shape index (κ3) is 4.14. The molecular weight excluding hydrogens is 521 g/mol. The van der Waals surface area contributed by atoms with Gasteiger partial charge in [-0.15, -0.1) is 0 Å². The molecule has 0 spiro atoms. The molecular formula is C29H27BrFN3O2. The Morgan fingerprint density at radius 1 is 1.11 bits per heavy atom. The zero-order valence-electron chi connectivity index (χ0n) is 20.1. The first kappa shape index (κ1) is 23.4. The quantitative estimate of drug-likeness (QED) is 0.297. The van der Waals surface area contributed by atoms with Crippen molar-refractivity contribution in [2.75, 3.05) is 20.2 Å². The van der Waals surface area contributed by atoms with Crippen molar-refractivity contribution in [3.05, 3.63) is 71.0 Å². The summed E-state index contributed by atoms with van der Waals surface area (Å²) in [5.41, 5.74) is 4.03. The van der Waals surface area contributed by atoms with Gasteiger partial charge in [0.25, 0.3) is 0 Å². The van der Waals surface area contributed by atoms with Gasteiger partial charge < -0.3 is 14.6 Å². The van der Waals surface area contributed by atoms with Gasteiger partial charge in [-0.1, -0.05) is 36.4 Å². The van der Waals surface area contributed by atoms with E-state index >= 15 is 0 Å². The largest absolute Gasteiger partial charge is 0.497 e. The van der Waals surface area contributed by atoms with Crippen LogP contribution < -0.4 is 10.1 Å². The summed E-state index contributed by atoms with van der Waals surface area (Å²) in [6.45, 7) is 1.95. The van der Waals surface area contributed by atoms with Crippen LogP contribution >= 0.6 is 15.9 Å². The summed E-state index contributed by atoms with van der Waals surface area (Å²) in [5.74, 6) is 1.74. The fourth-order valence-electron chi connectivity index (χ4n) is 5.34. The van der Waals surface area contributed by atoms with Gasteiger partial charge in [-0.05, 0) is 71.1 Å². The van der Waals surface area contributed by atoms with Gasteiger partial charge in [0.15, 0.2) is 0 Å². The van der Waals surface area contributed by atoms with Crippen molar-refractivity contribution >= 4 is 32.7 Å². The summed E-state index contributed by atoms with van der Waals surface area (Å²) in [5, 5.41) is 3.41. The smallest absolute Gasteiger partial charge is 0.145 e. The van der Waals surface area contributed by atoms with E-state index in [1.54, 1.807) is 13.2 Å². The zero-order valence-corrected chi connectivity index (χ0v) is 21.6. The highest BCUT2D eigenvalue weighted by Gasteiger charge is 2.48. The summed E-state index contributed by atoms with van der Waals surface area (Å²) in [7, 11) is 1.66. The Bertz CT molecular complexity index is 1440. The van der Waals surface area contributed by atoms with E-state index in [2.05, 4.69) is 37.9 Å². The Balaban J connectivity index is 1.43. The number of nitrogens with one attached hydrogen (secondary N) is 1. The molecule has 5 nitrogen and oxygen atoms in total. The minimum Gasteiger partial charge on any atom is -0.497 e. The predicted octanol–water partition coefficient (Wildman–Crippen LogP) is 6.24. The molecule has 0 bridgehead atoms. The minimum atomic E-state index is -0.490. The number of ketones is 1. The lowest BCUT2D eigenvalue weighted by atomic mass is 9.80. The number of hydrogen-bond acceptors (Lipinski definition) is 4. The van der Waals surface area contributed by atoms with Gasteiger partial charge in [0.1, 0.15) is 23.2 Å². The van der Waals surface area contributed by atoms with Crippen molar-refractivity contribution < 1.29 is 13.9 Å². The van der Waals surface area contributed by atoms with Crippen LogP contribution in [0.25, 0.3) is 33.5 Å². The average molecular weight is 548 g/mol. The maximum absolute atomic E-state index is 14.7. The number of aromatic nitrogens is 2. The summed E-state index contributed by atoms with van der Waals surface area (Å²) in [4.78, 5) is 18.4. The first-order valence-electron chi connectivity index (χ1n) is 12.3. The molecule has 1 aromatic heterocycles. The monoisotopic (exact) mass is 547 g/mol. The number of carbonyl (C=O) groups excluding carboxylic acids is 1. The third-order valence-electron chi connectivity index (χ3n) is 7.53. The Hall–Kier alpha value is -3.03. The number of ether oxygens (including phenoxy) is 1. The molecule has 0 radical (unpaired) electrons. The first-order valence-corrected chi connectivity index (χ1v) is 13.1. The van der Waals surface area contributed by atoms with Gasteiger partial charge in [0.2, 0.25) is 0 Å². The van der Waals surface area contributed by atoms with Crippen molar-refractivity contribution in [2.24, 2.45) is 11.3 Å². The van der Waals surface area contributed by atoms with Crippen LogP contribution in [0.5, 0.6) is 5.75 Å². The van der Waals surface area contributed by atoms with Gasteiger partial charge in [0.05, 0.1) is 28.0 Å². The van der Waals surface area contributed by atoms with E-state index in [1.807, 2.05) is 36.4 Å². The van der Waals surface area contributed by atoms with Crippen molar-refractivity contribution in [3.63, 3.8) is 0 Å². The third-order valence-corrected chi connectivity index (χ3v) is 8.14. The zero-order chi connectivity index (χ0) is 24.9. The van der Waals surface area contributed by atoms with Crippen molar-refractivity contribution in [3.8, 4) is 28.3 Å². The lowest BCUT2D eigenvalue weighted by molar-refractivity contribution is -0.129. The molecule has 7 heteroatoms.